The van der Waals surface area contributed by atoms with Crippen molar-refractivity contribution in [3.8, 4) is 11.4 Å². The third-order valence-corrected chi connectivity index (χ3v) is 4.44. The Bertz CT molecular complexity index is 1050. The third kappa shape index (κ3) is 2.89. The molecule has 0 unspecified atom stereocenters. The van der Waals surface area contributed by atoms with Gasteiger partial charge in [-0.2, -0.15) is 0 Å². The number of esters is 1. The van der Waals surface area contributed by atoms with Crippen molar-refractivity contribution in [1.82, 2.24) is 14.9 Å². The van der Waals surface area contributed by atoms with E-state index in [2.05, 4.69) is 14.7 Å². The number of carbonyl (C=O) groups excluding carboxylic acids is 3. The van der Waals surface area contributed by atoms with Gasteiger partial charge in [-0.3, -0.25) is 14.5 Å². The Kier molecular flexibility index (Phi) is 4.04. The van der Waals surface area contributed by atoms with E-state index in [1.165, 1.54) is 18.2 Å². The lowest BCUT2D eigenvalue weighted by Crippen LogP contribution is -2.31. The fourth-order valence-corrected chi connectivity index (χ4v) is 3.02. The molecule has 1 aliphatic heterocycles. The number of imidazole rings is 1. The number of rotatable bonds is 3. The lowest BCUT2D eigenvalue weighted by Gasteiger charge is -2.13. The van der Waals surface area contributed by atoms with E-state index in [0.29, 0.717) is 22.5 Å². The number of nitrogens with one attached hydrogen (secondary N) is 1. The minimum Gasteiger partial charge on any atom is -0.464 e. The van der Waals surface area contributed by atoms with Gasteiger partial charge in [-0.25, -0.2) is 9.78 Å². The van der Waals surface area contributed by atoms with Gasteiger partial charge in [-0.05, 0) is 23.8 Å². The molecule has 0 bridgehead atoms. The van der Waals surface area contributed by atoms with Crippen molar-refractivity contribution >= 4 is 17.8 Å². The molecule has 0 radical (unpaired) electrons. The molecule has 134 valence electrons. The summed E-state index contributed by atoms with van der Waals surface area (Å²) >= 11 is 0. The second kappa shape index (κ2) is 6.53. The van der Waals surface area contributed by atoms with E-state index in [-0.39, 0.29) is 24.1 Å². The molecule has 7 heteroatoms. The van der Waals surface area contributed by atoms with E-state index in [9.17, 15) is 14.4 Å². The first kappa shape index (κ1) is 16.7. The monoisotopic (exact) mass is 361 g/mol. The summed E-state index contributed by atoms with van der Waals surface area (Å²) in [5.41, 5.74) is 2.69. The van der Waals surface area contributed by atoms with Crippen LogP contribution in [0.15, 0.2) is 54.7 Å². The maximum absolute atomic E-state index is 12.7. The summed E-state index contributed by atoms with van der Waals surface area (Å²) in [7, 11) is 1.29. The normalized spacial score (nSPS) is 12.8. The van der Waals surface area contributed by atoms with E-state index >= 15 is 0 Å². The number of fused-ring (bicyclic) bond motifs is 1. The van der Waals surface area contributed by atoms with Crippen LogP contribution >= 0.6 is 0 Å². The van der Waals surface area contributed by atoms with Crippen LogP contribution in [0.25, 0.3) is 11.4 Å². The molecule has 0 atom stereocenters. The largest absolute Gasteiger partial charge is 0.464 e. The van der Waals surface area contributed by atoms with Crippen molar-refractivity contribution < 1.29 is 19.1 Å². The Balaban J connectivity index is 1.54. The summed E-state index contributed by atoms with van der Waals surface area (Å²) in [4.78, 5) is 45.0. The number of imide groups is 1. The lowest BCUT2D eigenvalue weighted by atomic mass is 10.1. The van der Waals surface area contributed by atoms with Crippen LogP contribution in [0.5, 0.6) is 0 Å². The number of aromatic nitrogens is 2. The first-order chi connectivity index (χ1) is 13.1. The van der Waals surface area contributed by atoms with Crippen molar-refractivity contribution in [3.05, 3.63) is 77.1 Å². The Morgan fingerprint density at radius 3 is 2.56 bits per heavy atom. The highest BCUT2D eigenvalue weighted by Crippen LogP contribution is 2.25. The summed E-state index contributed by atoms with van der Waals surface area (Å²) in [6.07, 6.45) is 1.46. The van der Waals surface area contributed by atoms with E-state index in [0.717, 1.165) is 5.56 Å². The molecule has 0 spiro atoms. The topological polar surface area (TPSA) is 92.4 Å². The highest BCUT2D eigenvalue weighted by molar-refractivity contribution is 6.12. The zero-order valence-electron chi connectivity index (χ0n) is 14.4. The van der Waals surface area contributed by atoms with Crippen molar-refractivity contribution in [3.63, 3.8) is 0 Å². The molecular formula is C20H15N3O4. The molecule has 7 nitrogen and oxygen atoms in total. The predicted octanol–water partition coefficient (Wildman–Crippen LogP) is 2.66. The summed E-state index contributed by atoms with van der Waals surface area (Å²) < 4.78 is 4.63. The van der Waals surface area contributed by atoms with E-state index < -0.39 is 5.97 Å². The minimum atomic E-state index is -0.531. The fraction of sp³-hybridized carbons (Fsp3) is 0.100. The van der Waals surface area contributed by atoms with Gasteiger partial charge < -0.3 is 9.72 Å². The van der Waals surface area contributed by atoms with Gasteiger partial charge in [0, 0.05) is 22.9 Å². The van der Waals surface area contributed by atoms with Crippen molar-refractivity contribution in [1.29, 1.82) is 0 Å². The molecule has 0 fully saturated rings. The van der Waals surface area contributed by atoms with Crippen LogP contribution in [0, 0.1) is 0 Å². The fourth-order valence-electron chi connectivity index (χ4n) is 3.02. The predicted molar refractivity (Wildman–Crippen MR) is 96.0 cm³/mol. The highest BCUT2D eigenvalue weighted by Gasteiger charge is 2.32. The molecular weight excluding hydrogens is 346 g/mol. The Morgan fingerprint density at radius 1 is 1.11 bits per heavy atom. The van der Waals surface area contributed by atoms with Crippen LogP contribution in [0.4, 0.5) is 0 Å². The first-order valence-electron chi connectivity index (χ1n) is 8.27. The van der Waals surface area contributed by atoms with Crippen LogP contribution in [-0.2, 0) is 11.3 Å². The van der Waals surface area contributed by atoms with Crippen molar-refractivity contribution in [2.45, 2.75) is 6.54 Å². The summed E-state index contributed by atoms with van der Waals surface area (Å²) in [6, 6.07) is 13.9. The zero-order chi connectivity index (χ0) is 19.0. The molecule has 27 heavy (non-hydrogen) atoms. The van der Waals surface area contributed by atoms with Gasteiger partial charge in [0.25, 0.3) is 11.8 Å². The molecule has 0 aliphatic carbocycles. The van der Waals surface area contributed by atoms with Crippen LogP contribution in [-0.4, -0.2) is 39.8 Å². The Labute approximate surface area is 154 Å². The molecule has 1 aliphatic rings. The van der Waals surface area contributed by atoms with Gasteiger partial charge in [-0.15, -0.1) is 0 Å². The number of benzene rings is 2. The minimum absolute atomic E-state index is 0.174. The second-order valence-corrected chi connectivity index (χ2v) is 6.06. The van der Waals surface area contributed by atoms with Gasteiger partial charge in [0.05, 0.1) is 13.7 Å². The molecule has 4 rings (SSSR count). The van der Waals surface area contributed by atoms with Gasteiger partial charge in [0.1, 0.15) is 5.82 Å². The number of hydrogen-bond acceptors (Lipinski definition) is 5. The summed E-state index contributed by atoms with van der Waals surface area (Å²) in [5, 5.41) is 0. The van der Waals surface area contributed by atoms with Crippen LogP contribution in [0.2, 0.25) is 0 Å². The maximum Gasteiger partial charge on any atom is 0.358 e. The number of nitrogens with zero attached hydrogens (tertiary/aromatic N) is 2. The number of aromatic amines is 1. The Morgan fingerprint density at radius 2 is 1.85 bits per heavy atom. The standard InChI is InChI=1S/C20H15N3O4/c1-27-20(26)16-10-21-17(22-16)12-6-8-13(9-7-12)18(24)23-11-14-4-2-3-5-15(14)19(23)25/h2-10H,11H2,1H3,(H,21,22). The average molecular weight is 361 g/mol. The van der Waals surface area contributed by atoms with E-state index in [4.69, 9.17) is 0 Å². The number of ether oxygens (including phenoxy) is 1. The molecule has 0 saturated carbocycles. The quantitative estimate of drug-likeness (QED) is 0.572. The SMILES string of the molecule is COC(=O)c1c[nH]c(-c2ccc(C(=O)N3Cc4ccccc4C3=O)cc2)n1. The molecule has 2 aromatic carbocycles. The van der Waals surface area contributed by atoms with Crippen molar-refractivity contribution in [2.75, 3.05) is 7.11 Å². The van der Waals surface area contributed by atoms with E-state index in [1.54, 1.807) is 36.4 Å². The summed E-state index contributed by atoms with van der Waals surface area (Å²) in [5.74, 6) is -0.679. The van der Waals surface area contributed by atoms with Crippen LogP contribution < -0.4 is 0 Å². The molecule has 2 amide bonds. The molecule has 1 aromatic heterocycles. The van der Waals surface area contributed by atoms with Crippen molar-refractivity contribution in [2.24, 2.45) is 0 Å². The van der Waals surface area contributed by atoms with E-state index in [1.807, 2.05) is 12.1 Å². The second-order valence-electron chi connectivity index (χ2n) is 6.06. The number of amides is 2. The first-order valence-corrected chi connectivity index (χ1v) is 8.27. The van der Waals surface area contributed by atoms with Crippen LogP contribution in [0.3, 0.4) is 0 Å². The highest BCUT2D eigenvalue weighted by atomic mass is 16.5. The lowest BCUT2D eigenvalue weighted by molar-refractivity contribution is 0.0591. The molecule has 1 N–H and O–H groups in total. The number of hydrogen-bond donors (Lipinski definition) is 1. The average Bonchev–Trinajstić information content (AvgIpc) is 3.33. The number of methoxy groups -OCH3 is 1. The smallest absolute Gasteiger partial charge is 0.358 e. The van der Waals surface area contributed by atoms with Crippen LogP contribution in [0.1, 0.15) is 36.8 Å². The Hall–Kier alpha value is -3.74. The summed E-state index contributed by atoms with van der Waals surface area (Å²) in [6.45, 7) is 0.274. The maximum atomic E-state index is 12.7. The van der Waals surface area contributed by atoms with Gasteiger partial charge >= 0.3 is 5.97 Å². The number of H-pyrrole nitrogens is 1. The zero-order valence-corrected chi connectivity index (χ0v) is 14.4. The van der Waals surface area contributed by atoms with Gasteiger partial charge in [0.15, 0.2) is 5.69 Å². The number of carbonyl (C=O) groups is 3. The van der Waals surface area contributed by atoms with Gasteiger partial charge in [0.2, 0.25) is 0 Å². The molecule has 2 heterocycles. The molecule has 3 aromatic rings. The third-order valence-electron chi connectivity index (χ3n) is 4.44. The molecule has 0 saturated heterocycles. The van der Waals surface area contributed by atoms with Gasteiger partial charge in [-0.1, -0.05) is 30.3 Å².